The molecule has 0 spiro atoms. The summed E-state index contributed by atoms with van der Waals surface area (Å²) in [5.74, 6) is 0. The Labute approximate surface area is 72.9 Å². The third-order valence-corrected chi connectivity index (χ3v) is 0. The van der Waals surface area contributed by atoms with Gasteiger partial charge >= 0.3 is 23.1 Å². The van der Waals surface area contributed by atoms with Crippen LogP contribution < -0.4 is 0 Å². The maximum atomic E-state index is 0. The van der Waals surface area contributed by atoms with E-state index in [0.29, 0.717) is 0 Å². The molecule has 0 unspecified atom stereocenters. The molecule has 0 atom stereocenters. The van der Waals surface area contributed by atoms with E-state index in [1.165, 1.54) is 0 Å². The van der Waals surface area contributed by atoms with E-state index < -0.39 is 0 Å². The molecule has 4 heteroatoms. The van der Waals surface area contributed by atoms with Crippen LogP contribution in [0.3, 0.4) is 0 Å². The zero-order valence-corrected chi connectivity index (χ0v) is 4.00. The first-order valence-electron chi connectivity index (χ1n) is 0. The Balaban J connectivity index is 0. The summed E-state index contributed by atoms with van der Waals surface area (Å²) >= 11 is 0. The summed E-state index contributed by atoms with van der Waals surface area (Å²) in [4.78, 5) is 0. The second-order valence-electron chi connectivity index (χ2n) is 0. The van der Waals surface area contributed by atoms with Gasteiger partial charge in [-0.3, -0.25) is 0 Å². The van der Waals surface area contributed by atoms with E-state index in [1.807, 2.05) is 0 Å². The van der Waals surface area contributed by atoms with Crippen molar-refractivity contribution < 1.29 is 50.6 Å². The van der Waals surface area contributed by atoms with Crippen LogP contribution in [-0.4, -0.2) is 23.1 Å². The monoisotopic (exact) mass is 203 g/mol. The molecule has 0 amide bonds. The second-order valence-corrected chi connectivity index (χ2v) is 0. The van der Waals surface area contributed by atoms with Gasteiger partial charge in [0, 0.05) is 50.6 Å². The van der Waals surface area contributed by atoms with Crippen LogP contribution in [0.2, 0.25) is 0 Å². The third-order valence-electron chi connectivity index (χ3n) is 0. The zero-order chi connectivity index (χ0) is 0. The molecule has 1 radical (unpaired) electrons. The van der Waals surface area contributed by atoms with Crippen LogP contribution in [0.4, 0.5) is 0 Å². The predicted molar refractivity (Wildman–Crippen MR) is 8.54 cm³/mol. The van der Waals surface area contributed by atoms with Gasteiger partial charge in [0.1, 0.15) is 0 Å². The van der Waals surface area contributed by atoms with E-state index in [1.54, 1.807) is 0 Å². The van der Waals surface area contributed by atoms with Gasteiger partial charge in [0.05, 0.1) is 0 Å². The molecule has 0 nitrogen and oxygen atoms in total. The van der Waals surface area contributed by atoms with Gasteiger partial charge in [-0.15, -0.1) is 0 Å². The average molecular weight is 204 g/mol. The summed E-state index contributed by atoms with van der Waals surface area (Å²) in [6, 6.07) is 0. The van der Waals surface area contributed by atoms with Gasteiger partial charge in [-0.1, -0.05) is 0 Å². The Morgan fingerprint density at radius 1 is 1.00 bits per heavy atom. The topological polar surface area (TPSA) is 0 Å². The van der Waals surface area contributed by atoms with Crippen molar-refractivity contribution in [2.75, 3.05) is 0 Å². The smallest absolute Gasteiger partial charge is 0 e. The standard InChI is InChI=1S/Cu.Fe.Mg.Ni.2H. The molecule has 0 bridgehead atoms. The van der Waals surface area contributed by atoms with Crippen molar-refractivity contribution in [2.45, 2.75) is 0 Å². The van der Waals surface area contributed by atoms with Crippen molar-refractivity contribution in [3.8, 4) is 0 Å². The van der Waals surface area contributed by atoms with Crippen LogP contribution in [0.1, 0.15) is 0 Å². The Morgan fingerprint density at radius 3 is 1.00 bits per heavy atom. The van der Waals surface area contributed by atoms with E-state index >= 15 is 0 Å². The summed E-state index contributed by atoms with van der Waals surface area (Å²) in [6.45, 7) is 0. The normalized spacial score (nSPS) is 0. The Kier molecular flexibility index (Phi) is 155. The molecule has 0 saturated carbocycles. The fourth-order valence-electron chi connectivity index (χ4n) is 0. The van der Waals surface area contributed by atoms with Crippen molar-refractivity contribution in [1.82, 2.24) is 0 Å². The van der Waals surface area contributed by atoms with Crippen molar-refractivity contribution in [2.24, 2.45) is 0 Å². The fraction of sp³-hybridized carbons (Fsp3) is 0. The summed E-state index contributed by atoms with van der Waals surface area (Å²) in [7, 11) is 0. The van der Waals surface area contributed by atoms with E-state index in [0.717, 1.165) is 0 Å². The van der Waals surface area contributed by atoms with Gasteiger partial charge < -0.3 is 0 Å². The summed E-state index contributed by atoms with van der Waals surface area (Å²) in [6.07, 6.45) is 0. The minimum absolute atomic E-state index is 0. The van der Waals surface area contributed by atoms with E-state index in [4.69, 9.17) is 0 Å². The van der Waals surface area contributed by atoms with Crippen molar-refractivity contribution >= 4 is 23.1 Å². The maximum absolute atomic E-state index is 0. The molecule has 0 aromatic rings. The van der Waals surface area contributed by atoms with Crippen molar-refractivity contribution in [3.63, 3.8) is 0 Å². The van der Waals surface area contributed by atoms with Crippen molar-refractivity contribution in [1.29, 1.82) is 0 Å². The molecule has 0 aromatic carbocycles. The molecular formula is H2CuFeMgNi. The molecule has 0 rings (SSSR count). The van der Waals surface area contributed by atoms with Gasteiger partial charge in [-0.25, -0.2) is 0 Å². The predicted octanol–water partition coefficient (Wildman–Crippen LogP) is -0.924. The SMILES string of the molecule is [Cu].[Fe].[MgH2].[Ni]. The van der Waals surface area contributed by atoms with Gasteiger partial charge in [0.2, 0.25) is 0 Å². The molecule has 0 N–H and O–H groups in total. The molecular weight excluding hydrogens is 202 g/mol. The van der Waals surface area contributed by atoms with E-state index in [9.17, 15) is 0 Å². The van der Waals surface area contributed by atoms with Crippen LogP contribution in [0.15, 0.2) is 0 Å². The second kappa shape index (κ2) is 18.5. The molecule has 0 aliphatic rings. The molecule has 4 heavy (non-hydrogen) atoms. The van der Waals surface area contributed by atoms with Gasteiger partial charge in [-0.05, 0) is 0 Å². The Morgan fingerprint density at radius 2 is 1.00 bits per heavy atom. The molecule has 0 saturated heterocycles. The van der Waals surface area contributed by atoms with Gasteiger partial charge in [0.15, 0.2) is 0 Å². The summed E-state index contributed by atoms with van der Waals surface area (Å²) in [5, 5.41) is 0. The van der Waals surface area contributed by atoms with Crippen LogP contribution in [0.25, 0.3) is 0 Å². The minimum atomic E-state index is 0. The van der Waals surface area contributed by atoms with Crippen LogP contribution >= 0.6 is 0 Å². The van der Waals surface area contributed by atoms with Crippen LogP contribution in [0.5, 0.6) is 0 Å². The first-order chi connectivity index (χ1) is 0. The number of rotatable bonds is 0. The first-order valence-corrected chi connectivity index (χ1v) is 0. The Hall–Kier alpha value is 2.30. The minimum Gasteiger partial charge on any atom is 0 e. The van der Waals surface area contributed by atoms with Gasteiger partial charge in [-0.2, -0.15) is 0 Å². The van der Waals surface area contributed by atoms with Crippen LogP contribution in [0, 0.1) is 0 Å². The third kappa shape index (κ3) is 8.85. The molecule has 0 aliphatic heterocycles. The number of hydrogen-bond acceptors (Lipinski definition) is 0. The van der Waals surface area contributed by atoms with E-state index in [-0.39, 0.29) is 73.7 Å². The Bertz CT molecular complexity index is 8.00. The van der Waals surface area contributed by atoms with Gasteiger partial charge in [0.25, 0.3) is 0 Å². The number of hydrogen-bond donors (Lipinski definition) is 0. The average Bonchev–Trinajstić information content (AvgIpc) is 0. The largest absolute Gasteiger partial charge is 0.316 e. The van der Waals surface area contributed by atoms with Crippen LogP contribution in [-0.2, 0) is 50.6 Å². The maximum Gasteiger partial charge on any atom is 0.316 e. The molecule has 33 valence electrons. The summed E-state index contributed by atoms with van der Waals surface area (Å²) in [5.41, 5.74) is 0. The molecule has 0 heterocycles. The molecule has 0 fully saturated rings. The summed E-state index contributed by atoms with van der Waals surface area (Å²) < 4.78 is 0. The first kappa shape index (κ1) is 33.5. The quantitative estimate of drug-likeness (QED) is 0.448. The fourth-order valence-corrected chi connectivity index (χ4v) is 0. The van der Waals surface area contributed by atoms with Crippen molar-refractivity contribution in [3.05, 3.63) is 0 Å². The van der Waals surface area contributed by atoms with E-state index in [2.05, 4.69) is 0 Å². The molecule has 0 aliphatic carbocycles. The zero-order valence-electron chi connectivity index (χ0n) is 0.971. The molecule has 0 aromatic heterocycles.